The van der Waals surface area contributed by atoms with Crippen LogP contribution < -0.4 is 0 Å². The van der Waals surface area contributed by atoms with Crippen LogP contribution in [0.4, 0.5) is 0 Å². The lowest BCUT2D eigenvalue weighted by molar-refractivity contribution is -0.186. The van der Waals surface area contributed by atoms with Gasteiger partial charge in [0.15, 0.2) is 6.10 Å². The quantitative estimate of drug-likeness (QED) is 0.546. The molecule has 29 heavy (non-hydrogen) atoms. The number of esters is 3. The predicted molar refractivity (Wildman–Crippen MR) is 102 cm³/mol. The molecular formula is C22H22O7. The average Bonchev–Trinajstić information content (AvgIpc) is 3.04. The fourth-order valence-corrected chi connectivity index (χ4v) is 3.08. The minimum atomic E-state index is -1.17. The SMILES string of the molecule is CC[C@H]1OC(OC(C)=O)C(OC(=O)c2ccccc2)[C@@H]1OC(=O)c1ccccc1. The second kappa shape index (κ2) is 9.34. The van der Waals surface area contributed by atoms with Crippen molar-refractivity contribution in [3.05, 3.63) is 71.8 Å². The maximum Gasteiger partial charge on any atom is 0.338 e. The monoisotopic (exact) mass is 398 g/mol. The first-order valence-electron chi connectivity index (χ1n) is 9.34. The molecule has 2 aromatic carbocycles. The minimum absolute atomic E-state index is 0.321. The van der Waals surface area contributed by atoms with E-state index in [1.807, 2.05) is 6.92 Å². The van der Waals surface area contributed by atoms with Gasteiger partial charge in [-0.3, -0.25) is 4.79 Å². The van der Waals surface area contributed by atoms with Crippen molar-refractivity contribution in [2.75, 3.05) is 0 Å². The Morgan fingerprint density at radius 3 is 1.72 bits per heavy atom. The molecule has 0 aromatic heterocycles. The second-order valence-electron chi connectivity index (χ2n) is 6.53. The van der Waals surface area contributed by atoms with Gasteiger partial charge in [0.1, 0.15) is 6.10 Å². The molecule has 0 radical (unpaired) electrons. The molecular weight excluding hydrogens is 376 g/mol. The van der Waals surface area contributed by atoms with Crippen molar-refractivity contribution < 1.29 is 33.3 Å². The molecule has 2 unspecified atom stereocenters. The Bertz CT molecular complexity index is 850. The summed E-state index contributed by atoms with van der Waals surface area (Å²) in [7, 11) is 0. The van der Waals surface area contributed by atoms with Gasteiger partial charge in [0.05, 0.1) is 11.1 Å². The number of carbonyl (C=O) groups is 3. The number of hydrogen-bond acceptors (Lipinski definition) is 7. The van der Waals surface area contributed by atoms with Gasteiger partial charge in [-0.25, -0.2) is 9.59 Å². The summed E-state index contributed by atoms with van der Waals surface area (Å²) >= 11 is 0. The number of rotatable bonds is 6. The Kier molecular flexibility index (Phi) is 6.61. The van der Waals surface area contributed by atoms with Gasteiger partial charge in [-0.05, 0) is 30.7 Å². The maximum absolute atomic E-state index is 12.6. The smallest absolute Gasteiger partial charge is 0.338 e. The predicted octanol–water partition coefficient (Wildman–Crippen LogP) is 3.14. The van der Waals surface area contributed by atoms with E-state index >= 15 is 0 Å². The summed E-state index contributed by atoms with van der Waals surface area (Å²) in [6, 6.07) is 16.8. The molecule has 0 N–H and O–H groups in total. The summed E-state index contributed by atoms with van der Waals surface area (Å²) in [6.45, 7) is 3.06. The molecule has 3 rings (SSSR count). The minimum Gasteiger partial charge on any atom is -0.452 e. The molecule has 0 bridgehead atoms. The molecule has 1 saturated heterocycles. The van der Waals surface area contributed by atoms with Gasteiger partial charge in [0.25, 0.3) is 0 Å². The van der Waals surface area contributed by atoms with Crippen molar-refractivity contribution >= 4 is 17.9 Å². The number of ether oxygens (including phenoxy) is 4. The zero-order valence-corrected chi connectivity index (χ0v) is 16.1. The van der Waals surface area contributed by atoms with Crippen LogP contribution in [0.15, 0.2) is 60.7 Å². The fraction of sp³-hybridized carbons (Fsp3) is 0.318. The van der Waals surface area contributed by atoms with Crippen LogP contribution in [0.2, 0.25) is 0 Å². The van der Waals surface area contributed by atoms with Crippen LogP contribution in [0.25, 0.3) is 0 Å². The van der Waals surface area contributed by atoms with Crippen molar-refractivity contribution in [3.8, 4) is 0 Å². The van der Waals surface area contributed by atoms with E-state index in [1.54, 1.807) is 60.7 Å². The van der Waals surface area contributed by atoms with Crippen LogP contribution in [0, 0.1) is 0 Å². The first kappa shape index (κ1) is 20.5. The van der Waals surface area contributed by atoms with E-state index in [0.29, 0.717) is 17.5 Å². The third-order valence-corrected chi connectivity index (χ3v) is 4.46. The van der Waals surface area contributed by atoms with Crippen molar-refractivity contribution in [3.63, 3.8) is 0 Å². The zero-order chi connectivity index (χ0) is 20.8. The zero-order valence-electron chi connectivity index (χ0n) is 16.1. The van der Waals surface area contributed by atoms with Crippen LogP contribution in [0.1, 0.15) is 41.0 Å². The Morgan fingerprint density at radius 2 is 1.28 bits per heavy atom. The highest BCUT2D eigenvalue weighted by Crippen LogP contribution is 2.31. The van der Waals surface area contributed by atoms with Crippen molar-refractivity contribution in [1.29, 1.82) is 0 Å². The summed E-state index contributed by atoms with van der Waals surface area (Å²) in [5.74, 6) is -1.81. The summed E-state index contributed by atoms with van der Waals surface area (Å²) in [6.07, 6.45) is -3.32. The molecule has 0 amide bonds. The first-order valence-corrected chi connectivity index (χ1v) is 9.34. The summed E-state index contributed by atoms with van der Waals surface area (Å²) in [4.78, 5) is 36.6. The molecule has 0 saturated carbocycles. The van der Waals surface area contributed by atoms with Crippen LogP contribution >= 0.6 is 0 Å². The lowest BCUT2D eigenvalue weighted by atomic mass is 10.1. The van der Waals surface area contributed by atoms with E-state index in [9.17, 15) is 14.4 Å². The summed E-state index contributed by atoms with van der Waals surface area (Å²) < 4.78 is 22.1. The number of carbonyl (C=O) groups excluding carboxylic acids is 3. The molecule has 7 nitrogen and oxygen atoms in total. The molecule has 1 aliphatic heterocycles. The lowest BCUT2D eigenvalue weighted by Gasteiger charge is -2.23. The van der Waals surface area contributed by atoms with Crippen LogP contribution in [0.5, 0.6) is 0 Å². The first-order chi connectivity index (χ1) is 14.0. The van der Waals surface area contributed by atoms with E-state index in [2.05, 4.69) is 0 Å². The Labute approximate surface area is 168 Å². The molecule has 4 atom stereocenters. The van der Waals surface area contributed by atoms with E-state index < -0.39 is 42.5 Å². The maximum atomic E-state index is 12.6. The molecule has 0 aliphatic carbocycles. The Hall–Kier alpha value is -3.19. The Balaban J connectivity index is 1.83. The van der Waals surface area contributed by atoms with Crippen molar-refractivity contribution in [1.82, 2.24) is 0 Å². The van der Waals surface area contributed by atoms with Gasteiger partial charge < -0.3 is 18.9 Å². The van der Waals surface area contributed by atoms with E-state index in [4.69, 9.17) is 18.9 Å². The van der Waals surface area contributed by atoms with Gasteiger partial charge >= 0.3 is 17.9 Å². The third kappa shape index (κ3) is 5.00. The Morgan fingerprint density at radius 1 is 0.793 bits per heavy atom. The van der Waals surface area contributed by atoms with E-state index in [0.717, 1.165) is 0 Å². The molecule has 2 aromatic rings. The fourth-order valence-electron chi connectivity index (χ4n) is 3.08. The van der Waals surface area contributed by atoms with Gasteiger partial charge in [0.2, 0.25) is 12.4 Å². The van der Waals surface area contributed by atoms with Gasteiger partial charge in [0, 0.05) is 6.92 Å². The molecule has 1 fully saturated rings. The van der Waals surface area contributed by atoms with Crippen molar-refractivity contribution in [2.45, 2.75) is 44.9 Å². The number of hydrogen-bond donors (Lipinski definition) is 0. The molecule has 0 spiro atoms. The highest BCUT2D eigenvalue weighted by atomic mass is 16.7. The summed E-state index contributed by atoms with van der Waals surface area (Å²) in [5.41, 5.74) is 0.675. The topological polar surface area (TPSA) is 88.1 Å². The molecule has 1 aliphatic rings. The van der Waals surface area contributed by atoms with Gasteiger partial charge in [-0.1, -0.05) is 43.3 Å². The summed E-state index contributed by atoms with van der Waals surface area (Å²) in [5, 5.41) is 0. The molecule has 7 heteroatoms. The van der Waals surface area contributed by atoms with Crippen LogP contribution in [-0.2, 0) is 23.7 Å². The standard InChI is InChI=1S/C22H22O7/c1-3-17-18(28-20(24)15-10-6-4-7-11-15)19(22(27-17)26-14(2)23)29-21(25)16-12-8-5-9-13-16/h4-13,17-19,22H,3H2,1-2H3/t17-,18-,19?,22?/m1/s1. The van der Waals surface area contributed by atoms with Crippen molar-refractivity contribution in [2.24, 2.45) is 0 Å². The normalized spacial score (nSPS) is 23.2. The van der Waals surface area contributed by atoms with Gasteiger partial charge in [-0.15, -0.1) is 0 Å². The third-order valence-electron chi connectivity index (χ3n) is 4.46. The van der Waals surface area contributed by atoms with E-state index in [1.165, 1.54) is 6.92 Å². The van der Waals surface area contributed by atoms with E-state index in [-0.39, 0.29) is 0 Å². The largest absolute Gasteiger partial charge is 0.452 e. The van der Waals surface area contributed by atoms with Crippen LogP contribution in [0.3, 0.4) is 0 Å². The van der Waals surface area contributed by atoms with Gasteiger partial charge in [-0.2, -0.15) is 0 Å². The highest BCUT2D eigenvalue weighted by Gasteiger charge is 2.50. The molecule has 1 heterocycles. The second-order valence-corrected chi connectivity index (χ2v) is 6.53. The highest BCUT2D eigenvalue weighted by molar-refractivity contribution is 5.90. The number of benzene rings is 2. The average molecular weight is 398 g/mol. The lowest BCUT2D eigenvalue weighted by Crippen LogP contribution is -2.41. The van der Waals surface area contributed by atoms with Crippen LogP contribution in [-0.4, -0.2) is 42.5 Å². The molecule has 152 valence electrons.